The van der Waals surface area contributed by atoms with Crippen LogP contribution in [-0.4, -0.2) is 14.9 Å². The summed E-state index contributed by atoms with van der Waals surface area (Å²) in [5.74, 6) is -0.438. The van der Waals surface area contributed by atoms with Gasteiger partial charge in [0.25, 0.3) is 0 Å². The van der Waals surface area contributed by atoms with E-state index in [1.807, 2.05) is 6.92 Å². The van der Waals surface area contributed by atoms with Gasteiger partial charge in [-0.15, -0.1) is 0 Å². The van der Waals surface area contributed by atoms with Gasteiger partial charge < -0.3 is 5.11 Å². The normalized spacial score (nSPS) is 12.7. The van der Waals surface area contributed by atoms with Gasteiger partial charge in [0.2, 0.25) is 0 Å². The molecule has 1 heterocycles. The molecule has 0 amide bonds. The molecule has 0 saturated heterocycles. The summed E-state index contributed by atoms with van der Waals surface area (Å²) in [6.45, 7) is 2.69. The summed E-state index contributed by atoms with van der Waals surface area (Å²) >= 11 is 6.63. The van der Waals surface area contributed by atoms with Crippen molar-refractivity contribution in [1.82, 2.24) is 9.78 Å². The molecule has 0 aliphatic heterocycles. The molecule has 1 aromatic carbocycles. The van der Waals surface area contributed by atoms with Crippen LogP contribution >= 0.6 is 31.9 Å². The third-order valence-corrected chi connectivity index (χ3v) is 3.88. The number of hydrogen-bond acceptors (Lipinski definition) is 2. The molecule has 0 fully saturated rings. The molecule has 0 radical (unpaired) electrons. The Kier molecular flexibility index (Phi) is 4.76. The molecule has 1 atom stereocenters. The molecule has 0 aliphatic rings. The van der Waals surface area contributed by atoms with Gasteiger partial charge in [0.1, 0.15) is 11.9 Å². The minimum Gasteiger partial charge on any atom is -0.382 e. The summed E-state index contributed by atoms with van der Waals surface area (Å²) in [6, 6.07) is 4.51. The average molecular weight is 392 g/mol. The fraction of sp³-hybridized carbons (Fsp3) is 0.308. The van der Waals surface area contributed by atoms with Crippen LogP contribution < -0.4 is 0 Å². The minimum atomic E-state index is -1.05. The van der Waals surface area contributed by atoms with Gasteiger partial charge >= 0.3 is 0 Å². The Labute approximate surface area is 127 Å². The number of aryl methyl sites for hydroxylation is 1. The molecular formula is C13H13Br2FN2O. The monoisotopic (exact) mass is 390 g/mol. The van der Waals surface area contributed by atoms with Gasteiger partial charge in [-0.25, -0.2) is 4.39 Å². The first kappa shape index (κ1) is 14.7. The zero-order chi connectivity index (χ0) is 14.0. The van der Waals surface area contributed by atoms with Gasteiger partial charge in [0.05, 0.1) is 16.4 Å². The number of rotatable bonds is 4. The summed E-state index contributed by atoms with van der Waals surface area (Å²) in [5, 5.41) is 14.6. The summed E-state index contributed by atoms with van der Waals surface area (Å²) in [7, 11) is 0. The molecule has 1 N–H and O–H groups in total. The van der Waals surface area contributed by atoms with Crippen molar-refractivity contribution in [3.05, 3.63) is 50.4 Å². The fourth-order valence-electron chi connectivity index (χ4n) is 1.91. The highest BCUT2D eigenvalue weighted by Gasteiger charge is 2.22. The highest BCUT2D eigenvalue weighted by molar-refractivity contribution is 9.10. The second-order valence-electron chi connectivity index (χ2n) is 4.17. The van der Waals surface area contributed by atoms with Crippen molar-refractivity contribution in [3.8, 4) is 0 Å². The lowest BCUT2D eigenvalue weighted by Gasteiger charge is -2.15. The molecule has 1 aromatic heterocycles. The van der Waals surface area contributed by atoms with Crippen molar-refractivity contribution in [2.75, 3.05) is 0 Å². The minimum absolute atomic E-state index is 0.230. The van der Waals surface area contributed by atoms with Crippen molar-refractivity contribution in [2.45, 2.75) is 26.0 Å². The number of aromatic nitrogens is 2. The van der Waals surface area contributed by atoms with Gasteiger partial charge in [-0.2, -0.15) is 5.10 Å². The third-order valence-electron chi connectivity index (χ3n) is 2.78. The number of nitrogens with zero attached hydrogens (tertiary/aromatic N) is 2. The molecule has 102 valence electrons. The maximum atomic E-state index is 13.8. The van der Waals surface area contributed by atoms with Crippen molar-refractivity contribution in [3.63, 3.8) is 0 Å². The van der Waals surface area contributed by atoms with Crippen LogP contribution in [0.4, 0.5) is 4.39 Å². The number of hydrogen-bond donors (Lipinski definition) is 1. The van der Waals surface area contributed by atoms with E-state index >= 15 is 0 Å². The second-order valence-corrected chi connectivity index (χ2v) is 5.94. The van der Waals surface area contributed by atoms with E-state index in [0.717, 1.165) is 10.9 Å². The zero-order valence-electron chi connectivity index (χ0n) is 10.3. The Hall–Kier alpha value is -0.720. The van der Waals surface area contributed by atoms with E-state index in [2.05, 4.69) is 37.0 Å². The van der Waals surface area contributed by atoms with E-state index in [4.69, 9.17) is 0 Å². The van der Waals surface area contributed by atoms with E-state index in [9.17, 15) is 9.50 Å². The molecule has 0 bridgehead atoms. The van der Waals surface area contributed by atoms with Crippen LogP contribution in [0.2, 0.25) is 0 Å². The summed E-state index contributed by atoms with van der Waals surface area (Å²) < 4.78 is 16.9. The van der Waals surface area contributed by atoms with Gasteiger partial charge in [-0.3, -0.25) is 4.68 Å². The lowest BCUT2D eigenvalue weighted by Crippen LogP contribution is -2.12. The summed E-state index contributed by atoms with van der Waals surface area (Å²) in [4.78, 5) is 0. The molecule has 1 unspecified atom stereocenters. The first-order chi connectivity index (χ1) is 9.04. The molecule has 19 heavy (non-hydrogen) atoms. The van der Waals surface area contributed by atoms with E-state index in [1.54, 1.807) is 23.0 Å². The number of benzene rings is 1. The average Bonchev–Trinajstić information content (AvgIpc) is 2.73. The smallest absolute Gasteiger partial charge is 0.129 e. The fourth-order valence-corrected chi connectivity index (χ4v) is 2.80. The Morgan fingerprint density at radius 2 is 2.16 bits per heavy atom. The maximum absolute atomic E-state index is 13.8. The Bertz CT molecular complexity index is 586. The van der Waals surface area contributed by atoms with Crippen LogP contribution in [0.15, 0.2) is 33.3 Å². The largest absolute Gasteiger partial charge is 0.382 e. The third kappa shape index (κ3) is 3.07. The van der Waals surface area contributed by atoms with Crippen molar-refractivity contribution < 1.29 is 9.50 Å². The highest BCUT2D eigenvalue weighted by atomic mass is 79.9. The quantitative estimate of drug-likeness (QED) is 0.853. The Morgan fingerprint density at radius 1 is 1.42 bits per heavy atom. The maximum Gasteiger partial charge on any atom is 0.129 e. The first-order valence-corrected chi connectivity index (χ1v) is 7.47. The SMILES string of the molecule is CCCn1ncc(Br)c1C(O)c1cc(Br)ccc1F. The topological polar surface area (TPSA) is 38.0 Å². The van der Waals surface area contributed by atoms with Crippen LogP contribution in [0.25, 0.3) is 0 Å². The molecular weight excluding hydrogens is 379 g/mol. The van der Waals surface area contributed by atoms with E-state index in [-0.39, 0.29) is 5.56 Å². The van der Waals surface area contributed by atoms with Crippen LogP contribution in [0.3, 0.4) is 0 Å². The van der Waals surface area contributed by atoms with Crippen LogP contribution in [0.1, 0.15) is 30.7 Å². The molecule has 3 nitrogen and oxygen atoms in total. The first-order valence-electron chi connectivity index (χ1n) is 5.88. The van der Waals surface area contributed by atoms with E-state index in [0.29, 0.717) is 16.7 Å². The summed E-state index contributed by atoms with van der Waals surface area (Å²) in [6.07, 6.45) is 1.44. The molecule has 0 aliphatic carbocycles. The highest BCUT2D eigenvalue weighted by Crippen LogP contribution is 2.31. The van der Waals surface area contributed by atoms with Crippen molar-refractivity contribution >= 4 is 31.9 Å². The van der Waals surface area contributed by atoms with E-state index in [1.165, 1.54) is 6.07 Å². The predicted molar refractivity (Wildman–Crippen MR) is 78.4 cm³/mol. The molecule has 0 spiro atoms. The van der Waals surface area contributed by atoms with E-state index < -0.39 is 11.9 Å². The van der Waals surface area contributed by atoms with Gasteiger partial charge in [-0.1, -0.05) is 22.9 Å². The van der Waals surface area contributed by atoms with Crippen LogP contribution in [-0.2, 0) is 6.54 Å². The Balaban J connectivity index is 2.46. The second kappa shape index (κ2) is 6.15. The molecule has 2 aromatic rings. The number of aliphatic hydroxyl groups excluding tert-OH is 1. The number of aliphatic hydroxyl groups is 1. The molecule has 0 saturated carbocycles. The lowest BCUT2D eigenvalue weighted by molar-refractivity contribution is 0.201. The standard InChI is InChI=1S/C13H13Br2FN2O/c1-2-5-18-12(10(15)7-17-18)13(19)9-6-8(14)3-4-11(9)16/h3-4,6-7,13,19H,2,5H2,1H3. The van der Waals surface area contributed by atoms with Crippen molar-refractivity contribution in [2.24, 2.45) is 0 Å². The zero-order valence-corrected chi connectivity index (χ0v) is 13.4. The number of halogens is 3. The van der Waals surface area contributed by atoms with Crippen LogP contribution in [0.5, 0.6) is 0 Å². The van der Waals surface area contributed by atoms with Gasteiger partial charge in [0.15, 0.2) is 0 Å². The van der Waals surface area contributed by atoms with Crippen molar-refractivity contribution in [1.29, 1.82) is 0 Å². The molecule has 6 heteroatoms. The van der Waals surface area contributed by atoms with Gasteiger partial charge in [-0.05, 0) is 40.5 Å². The molecule has 2 rings (SSSR count). The predicted octanol–water partition coefficient (Wildman–Crippen LogP) is 4.04. The summed E-state index contributed by atoms with van der Waals surface area (Å²) in [5.41, 5.74) is 0.798. The lowest BCUT2D eigenvalue weighted by atomic mass is 10.1. The Morgan fingerprint density at radius 3 is 2.84 bits per heavy atom. The van der Waals surface area contributed by atoms with Gasteiger partial charge in [0, 0.05) is 16.6 Å². The van der Waals surface area contributed by atoms with Crippen LogP contribution in [0, 0.1) is 5.82 Å².